The van der Waals surface area contributed by atoms with E-state index in [1.54, 1.807) is 0 Å². The van der Waals surface area contributed by atoms with Crippen molar-refractivity contribution >= 4 is 0 Å². The van der Waals surface area contributed by atoms with Crippen molar-refractivity contribution < 1.29 is 4.74 Å². The largest absolute Gasteiger partial charge is 0.378 e. The predicted octanol–water partition coefficient (Wildman–Crippen LogP) is 2.99. The van der Waals surface area contributed by atoms with Gasteiger partial charge in [-0.3, -0.25) is 0 Å². The Morgan fingerprint density at radius 1 is 1.18 bits per heavy atom. The van der Waals surface area contributed by atoms with Crippen molar-refractivity contribution in [1.29, 1.82) is 0 Å². The van der Waals surface area contributed by atoms with Crippen molar-refractivity contribution in [2.24, 2.45) is 5.41 Å². The van der Waals surface area contributed by atoms with E-state index in [2.05, 4.69) is 20.8 Å². The highest BCUT2D eigenvalue weighted by Crippen LogP contribution is 2.23. The first-order chi connectivity index (χ1) is 5.08. The minimum atomic E-state index is 0.336. The van der Waals surface area contributed by atoms with Gasteiger partial charge in [-0.05, 0) is 18.3 Å². The molecule has 0 saturated heterocycles. The number of hydrogen-bond donors (Lipinski definition) is 0. The van der Waals surface area contributed by atoms with Crippen molar-refractivity contribution in [3.05, 3.63) is 0 Å². The van der Waals surface area contributed by atoms with Crippen LogP contribution < -0.4 is 0 Å². The fourth-order valence-corrected chi connectivity index (χ4v) is 1.42. The van der Waals surface area contributed by atoms with E-state index in [4.69, 9.17) is 4.74 Å². The van der Waals surface area contributed by atoms with Crippen LogP contribution in [0.2, 0.25) is 0 Å². The van der Waals surface area contributed by atoms with Crippen molar-refractivity contribution in [1.82, 2.24) is 0 Å². The van der Waals surface area contributed by atoms with Crippen LogP contribution in [0.15, 0.2) is 0 Å². The first-order valence-electron chi connectivity index (χ1n) is 4.69. The standard InChI is InChI=1S/C10H20O/c1-10(2,3)8-11-9-6-4-5-7-9/h9H,4-8H2,1-3H3. The molecule has 1 aliphatic carbocycles. The van der Waals surface area contributed by atoms with Gasteiger partial charge in [0.15, 0.2) is 0 Å². The van der Waals surface area contributed by atoms with E-state index in [0.29, 0.717) is 11.5 Å². The van der Waals surface area contributed by atoms with Crippen LogP contribution in [0.4, 0.5) is 0 Å². The van der Waals surface area contributed by atoms with E-state index in [1.807, 2.05) is 0 Å². The second kappa shape index (κ2) is 3.57. The summed E-state index contributed by atoms with van der Waals surface area (Å²) in [5.74, 6) is 0. The molecular weight excluding hydrogens is 136 g/mol. The summed E-state index contributed by atoms with van der Waals surface area (Å²) in [6, 6.07) is 0. The van der Waals surface area contributed by atoms with Gasteiger partial charge in [0.1, 0.15) is 0 Å². The maximum absolute atomic E-state index is 5.77. The zero-order chi connectivity index (χ0) is 8.32. The maximum atomic E-state index is 5.77. The summed E-state index contributed by atoms with van der Waals surface area (Å²) in [6.45, 7) is 7.59. The first kappa shape index (κ1) is 9.05. The lowest BCUT2D eigenvalue weighted by Gasteiger charge is -2.21. The molecule has 66 valence electrons. The Morgan fingerprint density at radius 2 is 1.73 bits per heavy atom. The number of rotatable bonds is 2. The van der Waals surface area contributed by atoms with Gasteiger partial charge in [-0.2, -0.15) is 0 Å². The highest BCUT2D eigenvalue weighted by molar-refractivity contribution is 4.68. The van der Waals surface area contributed by atoms with E-state index in [-0.39, 0.29) is 0 Å². The molecule has 0 aromatic heterocycles. The van der Waals surface area contributed by atoms with Crippen molar-refractivity contribution in [3.8, 4) is 0 Å². The summed E-state index contributed by atoms with van der Waals surface area (Å²) in [5, 5.41) is 0. The van der Waals surface area contributed by atoms with Gasteiger partial charge in [0, 0.05) is 0 Å². The molecule has 0 unspecified atom stereocenters. The van der Waals surface area contributed by atoms with E-state index in [0.717, 1.165) is 6.61 Å². The lowest BCUT2D eigenvalue weighted by Crippen LogP contribution is -2.19. The first-order valence-corrected chi connectivity index (χ1v) is 4.69. The highest BCUT2D eigenvalue weighted by Gasteiger charge is 2.18. The normalized spacial score (nSPS) is 21.0. The van der Waals surface area contributed by atoms with Gasteiger partial charge < -0.3 is 4.74 Å². The summed E-state index contributed by atoms with van der Waals surface area (Å²) in [7, 11) is 0. The van der Waals surface area contributed by atoms with Gasteiger partial charge in [-0.15, -0.1) is 0 Å². The second-order valence-electron chi connectivity index (χ2n) is 4.78. The van der Waals surface area contributed by atoms with E-state index < -0.39 is 0 Å². The van der Waals surface area contributed by atoms with E-state index >= 15 is 0 Å². The fourth-order valence-electron chi connectivity index (χ4n) is 1.42. The molecule has 1 nitrogen and oxygen atoms in total. The van der Waals surface area contributed by atoms with Crippen molar-refractivity contribution in [2.75, 3.05) is 6.61 Å². The molecule has 0 bridgehead atoms. The lowest BCUT2D eigenvalue weighted by molar-refractivity contribution is 0.0128. The molecule has 0 atom stereocenters. The summed E-state index contributed by atoms with van der Waals surface area (Å²) in [6.07, 6.45) is 5.89. The molecule has 0 amide bonds. The molecule has 1 rings (SSSR count). The minimum absolute atomic E-state index is 0.336. The zero-order valence-electron chi connectivity index (χ0n) is 8.02. The Kier molecular flexibility index (Phi) is 2.94. The molecule has 0 N–H and O–H groups in total. The van der Waals surface area contributed by atoms with Crippen LogP contribution in [-0.4, -0.2) is 12.7 Å². The molecule has 0 spiro atoms. The molecule has 1 heteroatoms. The molecule has 0 radical (unpaired) electrons. The fraction of sp³-hybridized carbons (Fsp3) is 1.00. The van der Waals surface area contributed by atoms with Crippen molar-refractivity contribution in [2.45, 2.75) is 52.6 Å². The molecule has 1 saturated carbocycles. The average molecular weight is 156 g/mol. The summed E-state index contributed by atoms with van der Waals surface area (Å²) in [4.78, 5) is 0. The van der Waals surface area contributed by atoms with E-state index in [9.17, 15) is 0 Å². The predicted molar refractivity (Wildman–Crippen MR) is 47.7 cm³/mol. The number of ether oxygens (including phenoxy) is 1. The monoisotopic (exact) mass is 156 g/mol. The summed E-state index contributed by atoms with van der Waals surface area (Å²) in [5.41, 5.74) is 0.336. The molecule has 1 aliphatic rings. The van der Waals surface area contributed by atoms with Crippen LogP contribution in [0.3, 0.4) is 0 Å². The van der Waals surface area contributed by atoms with Gasteiger partial charge >= 0.3 is 0 Å². The van der Waals surface area contributed by atoms with Gasteiger partial charge in [0.25, 0.3) is 0 Å². The van der Waals surface area contributed by atoms with Crippen LogP contribution in [0, 0.1) is 5.41 Å². The quantitative estimate of drug-likeness (QED) is 0.597. The Bertz CT molecular complexity index is 107. The van der Waals surface area contributed by atoms with Gasteiger partial charge in [0.05, 0.1) is 12.7 Å². The van der Waals surface area contributed by atoms with Crippen LogP contribution >= 0.6 is 0 Å². The third-order valence-corrected chi connectivity index (χ3v) is 2.05. The molecule has 0 aliphatic heterocycles. The maximum Gasteiger partial charge on any atom is 0.0575 e. The smallest absolute Gasteiger partial charge is 0.0575 e. The zero-order valence-corrected chi connectivity index (χ0v) is 8.02. The van der Waals surface area contributed by atoms with Crippen molar-refractivity contribution in [3.63, 3.8) is 0 Å². The Labute approximate surface area is 70.1 Å². The molecule has 1 fully saturated rings. The third-order valence-electron chi connectivity index (χ3n) is 2.05. The highest BCUT2D eigenvalue weighted by atomic mass is 16.5. The minimum Gasteiger partial charge on any atom is -0.378 e. The summed E-state index contributed by atoms with van der Waals surface area (Å²) < 4.78 is 5.77. The molecule has 11 heavy (non-hydrogen) atoms. The molecule has 0 heterocycles. The SMILES string of the molecule is CC(C)(C)COC1CCCC1. The van der Waals surface area contributed by atoms with Gasteiger partial charge in [0.2, 0.25) is 0 Å². The molecule has 0 aromatic carbocycles. The number of hydrogen-bond acceptors (Lipinski definition) is 1. The average Bonchev–Trinajstić information content (AvgIpc) is 2.32. The lowest BCUT2D eigenvalue weighted by atomic mass is 9.98. The van der Waals surface area contributed by atoms with E-state index in [1.165, 1.54) is 25.7 Å². The Morgan fingerprint density at radius 3 is 2.18 bits per heavy atom. The van der Waals surface area contributed by atoms with Crippen LogP contribution in [0.5, 0.6) is 0 Å². The third kappa shape index (κ3) is 3.76. The molecular formula is C10H20O. The van der Waals surface area contributed by atoms with Crippen LogP contribution in [0.1, 0.15) is 46.5 Å². The van der Waals surface area contributed by atoms with Gasteiger partial charge in [-0.25, -0.2) is 0 Å². The summed E-state index contributed by atoms with van der Waals surface area (Å²) >= 11 is 0. The van der Waals surface area contributed by atoms with Crippen LogP contribution in [0.25, 0.3) is 0 Å². The van der Waals surface area contributed by atoms with Gasteiger partial charge in [-0.1, -0.05) is 33.6 Å². The Hall–Kier alpha value is -0.0400. The topological polar surface area (TPSA) is 9.23 Å². The second-order valence-corrected chi connectivity index (χ2v) is 4.78. The van der Waals surface area contributed by atoms with Crippen LogP contribution in [-0.2, 0) is 4.74 Å². The molecule has 0 aromatic rings. The Balaban J connectivity index is 2.11.